The van der Waals surface area contributed by atoms with Gasteiger partial charge < -0.3 is 5.32 Å². The Morgan fingerprint density at radius 1 is 1.15 bits per heavy atom. The Kier molecular flexibility index (Phi) is 4.45. The Hall–Kier alpha value is -0.830. The Morgan fingerprint density at radius 2 is 1.95 bits per heavy atom. The first-order valence-electron chi connectivity index (χ1n) is 6.96. The van der Waals surface area contributed by atoms with Crippen molar-refractivity contribution in [2.75, 3.05) is 0 Å². The predicted molar refractivity (Wildman–Crippen MR) is 88.2 cm³/mol. The van der Waals surface area contributed by atoms with Gasteiger partial charge in [0.15, 0.2) is 0 Å². The van der Waals surface area contributed by atoms with Crippen LogP contribution in [0.25, 0.3) is 0 Å². The molecule has 0 fully saturated rings. The van der Waals surface area contributed by atoms with Gasteiger partial charge in [-0.2, -0.15) is 0 Å². The Balaban J connectivity index is 1.61. The molecular weight excluding hydrogens is 334 g/mol. The van der Waals surface area contributed by atoms with Crippen LogP contribution in [-0.4, -0.2) is 6.04 Å². The van der Waals surface area contributed by atoms with Gasteiger partial charge in [0.05, 0.1) is 5.02 Å². The number of halogens is 2. The molecule has 0 amide bonds. The van der Waals surface area contributed by atoms with Crippen molar-refractivity contribution in [3.63, 3.8) is 0 Å². The molecule has 1 nitrogen and oxygen atoms in total. The first-order chi connectivity index (χ1) is 9.72. The molecule has 0 aliphatic heterocycles. The highest BCUT2D eigenvalue weighted by Crippen LogP contribution is 2.24. The van der Waals surface area contributed by atoms with E-state index in [4.69, 9.17) is 11.6 Å². The molecule has 0 spiro atoms. The normalized spacial score (nSPS) is 17.8. The summed E-state index contributed by atoms with van der Waals surface area (Å²) in [5.41, 5.74) is 4.27. The highest BCUT2D eigenvalue weighted by atomic mass is 79.9. The first-order valence-corrected chi connectivity index (χ1v) is 8.13. The van der Waals surface area contributed by atoms with Crippen LogP contribution in [0.5, 0.6) is 0 Å². The minimum absolute atomic E-state index is 0.569. The maximum atomic E-state index is 6.02. The second-order valence-electron chi connectivity index (χ2n) is 5.34. The van der Waals surface area contributed by atoms with Gasteiger partial charge >= 0.3 is 0 Å². The number of rotatable bonds is 3. The number of nitrogens with one attached hydrogen (secondary N) is 1. The van der Waals surface area contributed by atoms with Crippen LogP contribution in [0, 0.1) is 0 Å². The molecule has 1 N–H and O–H groups in total. The number of hydrogen-bond acceptors (Lipinski definition) is 1. The largest absolute Gasteiger partial charge is 0.310 e. The minimum atomic E-state index is 0.569. The van der Waals surface area contributed by atoms with Crippen molar-refractivity contribution in [1.82, 2.24) is 5.32 Å². The van der Waals surface area contributed by atoms with Crippen LogP contribution in [0.15, 0.2) is 46.9 Å². The summed E-state index contributed by atoms with van der Waals surface area (Å²) in [6.45, 7) is 0.891. The predicted octanol–water partition coefficient (Wildman–Crippen LogP) is 4.75. The smallest absolute Gasteiger partial charge is 0.0548 e. The molecule has 0 aromatic heterocycles. The second kappa shape index (κ2) is 6.30. The quantitative estimate of drug-likeness (QED) is 0.842. The third-order valence-corrected chi connectivity index (χ3v) is 5.14. The average Bonchev–Trinajstić information content (AvgIpc) is 2.48. The van der Waals surface area contributed by atoms with Crippen molar-refractivity contribution >= 4 is 27.5 Å². The first kappa shape index (κ1) is 14.1. The molecule has 1 aliphatic rings. The molecule has 0 saturated heterocycles. The lowest BCUT2D eigenvalue weighted by Crippen LogP contribution is -2.34. The van der Waals surface area contributed by atoms with Crippen LogP contribution in [0.2, 0.25) is 5.02 Å². The maximum Gasteiger partial charge on any atom is 0.0548 e. The zero-order chi connectivity index (χ0) is 13.9. The van der Waals surface area contributed by atoms with Gasteiger partial charge in [-0.3, -0.25) is 0 Å². The van der Waals surface area contributed by atoms with Crippen molar-refractivity contribution in [1.29, 1.82) is 0 Å². The average molecular weight is 351 g/mol. The molecule has 104 valence electrons. The summed E-state index contributed by atoms with van der Waals surface area (Å²) in [5, 5.41) is 4.43. The number of fused-ring (bicyclic) bond motifs is 1. The van der Waals surface area contributed by atoms with Crippen LogP contribution >= 0.6 is 27.5 Å². The number of hydrogen-bond donors (Lipinski definition) is 1. The fourth-order valence-electron chi connectivity index (χ4n) is 2.78. The lowest BCUT2D eigenvalue weighted by molar-refractivity contribution is 0.457. The van der Waals surface area contributed by atoms with Crippen LogP contribution in [0.4, 0.5) is 0 Å². The van der Waals surface area contributed by atoms with E-state index in [-0.39, 0.29) is 0 Å². The second-order valence-corrected chi connectivity index (χ2v) is 6.60. The van der Waals surface area contributed by atoms with Gasteiger partial charge in [0.2, 0.25) is 0 Å². The van der Waals surface area contributed by atoms with Gasteiger partial charge in [-0.15, -0.1) is 0 Å². The summed E-state index contributed by atoms with van der Waals surface area (Å²) < 4.78 is 0.965. The molecule has 0 heterocycles. The maximum absolute atomic E-state index is 6.02. The van der Waals surface area contributed by atoms with Gasteiger partial charge in [0.25, 0.3) is 0 Å². The molecule has 2 aromatic rings. The monoisotopic (exact) mass is 349 g/mol. The van der Waals surface area contributed by atoms with Gasteiger partial charge in [0, 0.05) is 17.1 Å². The molecule has 3 heteroatoms. The molecule has 20 heavy (non-hydrogen) atoms. The molecule has 1 aliphatic carbocycles. The lowest BCUT2D eigenvalue weighted by Gasteiger charge is -2.25. The van der Waals surface area contributed by atoms with Crippen molar-refractivity contribution in [2.24, 2.45) is 0 Å². The lowest BCUT2D eigenvalue weighted by atomic mass is 9.88. The van der Waals surface area contributed by atoms with Crippen molar-refractivity contribution in [3.8, 4) is 0 Å². The van der Waals surface area contributed by atoms with E-state index in [2.05, 4.69) is 57.6 Å². The van der Waals surface area contributed by atoms with E-state index in [1.54, 1.807) is 0 Å². The van der Waals surface area contributed by atoms with Crippen LogP contribution in [-0.2, 0) is 19.4 Å². The molecule has 0 bridgehead atoms. The number of benzene rings is 2. The molecule has 1 atom stereocenters. The summed E-state index contributed by atoms with van der Waals surface area (Å²) in [6.07, 6.45) is 3.52. The van der Waals surface area contributed by atoms with Crippen LogP contribution in [0.3, 0.4) is 0 Å². The summed E-state index contributed by atoms with van der Waals surface area (Å²) in [6, 6.07) is 15.5. The Labute approximate surface area is 133 Å². The molecule has 2 aromatic carbocycles. The standard InChI is InChI=1S/C17H17BrClN/c18-16-9-12(5-8-17(16)19)11-20-15-7-6-13-3-1-2-4-14(13)10-15/h1-5,8-9,15,20H,6-7,10-11H2. The number of aryl methyl sites for hydroxylation is 1. The van der Waals surface area contributed by atoms with E-state index in [1.165, 1.54) is 29.5 Å². The molecule has 3 rings (SSSR count). The molecule has 1 unspecified atom stereocenters. The van der Waals surface area contributed by atoms with Crippen molar-refractivity contribution < 1.29 is 0 Å². The zero-order valence-electron chi connectivity index (χ0n) is 11.2. The van der Waals surface area contributed by atoms with Crippen LogP contribution in [0.1, 0.15) is 23.1 Å². The fraction of sp³-hybridized carbons (Fsp3) is 0.294. The van der Waals surface area contributed by atoms with Gasteiger partial charge in [-0.1, -0.05) is 41.9 Å². The van der Waals surface area contributed by atoms with Gasteiger partial charge in [0.1, 0.15) is 0 Å². The molecule has 0 radical (unpaired) electrons. The van der Waals surface area contributed by atoms with E-state index in [0.717, 1.165) is 22.5 Å². The van der Waals surface area contributed by atoms with Gasteiger partial charge in [-0.25, -0.2) is 0 Å². The van der Waals surface area contributed by atoms with Gasteiger partial charge in [-0.05, 0) is 64.0 Å². The highest BCUT2D eigenvalue weighted by Gasteiger charge is 2.17. The Bertz CT molecular complexity index is 612. The summed E-state index contributed by atoms with van der Waals surface area (Å²) in [5.74, 6) is 0. The summed E-state index contributed by atoms with van der Waals surface area (Å²) in [7, 11) is 0. The SMILES string of the molecule is Clc1ccc(CNC2CCc3ccccc3C2)cc1Br. The minimum Gasteiger partial charge on any atom is -0.310 e. The van der Waals surface area contributed by atoms with E-state index in [1.807, 2.05) is 6.07 Å². The van der Waals surface area contributed by atoms with Crippen LogP contribution < -0.4 is 5.32 Å². The topological polar surface area (TPSA) is 12.0 Å². The molecule has 0 saturated carbocycles. The van der Waals surface area contributed by atoms with E-state index < -0.39 is 0 Å². The summed E-state index contributed by atoms with van der Waals surface area (Å²) >= 11 is 9.49. The van der Waals surface area contributed by atoms with E-state index in [9.17, 15) is 0 Å². The molecular formula is C17H17BrClN. The third-order valence-electron chi connectivity index (χ3n) is 3.93. The summed E-state index contributed by atoms with van der Waals surface area (Å²) in [4.78, 5) is 0. The third kappa shape index (κ3) is 3.25. The fourth-order valence-corrected chi connectivity index (χ4v) is 3.33. The zero-order valence-corrected chi connectivity index (χ0v) is 13.5. The van der Waals surface area contributed by atoms with E-state index >= 15 is 0 Å². The van der Waals surface area contributed by atoms with E-state index in [0.29, 0.717) is 6.04 Å². The Morgan fingerprint density at radius 3 is 2.75 bits per heavy atom. The van der Waals surface area contributed by atoms with Crippen molar-refractivity contribution in [3.05, 3.63) is 68.7 Å². The highest BCUT2D eigenvalue weighted by molar-refractivity contribution is 9.10. The van der Waals surface area contributed by atoms with Crippen molar-refractivity contribution in [2.45, 2.75) is 31.8 Å².